The number of benzene rings is 1. The molecule has 0 aliphatic carbocycles. The molecule has 30 heavy (non-hydrogen) atoms. The number of hydrogen-bond donors (Lipinski definition) is 1. The third kappa shape index (κ3) is 3.37. The Balaban J connectivity index is 1.50. The van der Waals surface area contributed by atoms with E-state index in [1.54, 1.807) is 29.5 Å². The Morgan fingerprint density at radius 2 is 2.00 bits per heavy atom. The second-order valence-corrected chi connectivity index (χ2v) is 9.05. The molecule has 1 amide bonds. The Labute approximate surface area is 178 Å². The van der Waals surface area contributed by atoms with Gasteiger partial charge in [0.2, 0.25) is 11.9 Å². The van der Waals surface area contributed by atoms with E-state index >= 15 is 0 Å². The number of hydrogen-bond acceptors (Lipinski definition) is 8. The van der Waals surface area contributed by atoms with Crippen LogP contribution < -0.4 is 15.1 Å². The maximum absolute atomic E-state index is 12.5. The van der Waals surface area contributed by atoms with Crippen molar-refractivity contribution in [2.45, 2.75) is 32.7 Å². The number of fused-ring (bicyclic) bond motifs is 2. The van der Waals surface area contributed by atoms with Crippen LogP contribution in [0.1, 0.15) is 23.4 Å². The molecular weight excluding hydrogens is 400 g/mol. The number of rotatable bonds is 3. The van der Waals surface area contributed by atoms with Crippen molar-refractivity contribution in [2.75, 3.05) is 41.9 Å². The third-order valence-electron chi connectivity index (χ3n) is 5.78. The van der Waals surface area contributed by atoms with Gasteiger partial charge in [0.15, 0.2) is 5.82 Å². The predicted molar refractivity (Wildman–Crippen MR) is 119 cm³/mol. The van der Waals surface area contributed by atoms with E-state index in [1.165, 1.54) is 4.70 Å². The molecule has 0 atom stereocenters. The lowest BCUT2D eigenvalue weighted by Gasteiger charge is -2.40. The number of aromatic nitrogens is 3. The summed E-state index contributed by atoms with van der Waals surface area (Å²) in [4.78, 5) is 30.2. The normalized spacial score (nSPS) is 17.5. The van der Waals surface area contributed by atoms with Gasteiger partial charge in [0.25, 0.3) is 0 Å². The largest absolute Gasteiger partial charge is 0.381 e. The van der Waals surface area contributed by atoms with Gasteiger partial charge in [-0.05, 0) is 44.4 Å². The van der Waals surface area contributed by atoms with Gasteiger partial charge in [0.1, 0.15) is 5.69 Å². The van der Waals surface area contributed by atoms with Crippen molar-refractivity contribution >= 4 is 50.6 Å². The van der Waals surface area contributed by atoms with Crippen LogP contribution in [-0.4, -0.2) is 53.7 Å². The van der Waals surface area contributed by atoms with Crippen molar-refractivity contribution in [1.82, 2.24) is 15.0 Å². The summed E-state index contributed by atoms with van der Waals surface area (Å²) in [5.41, 5.74) is 3.76. The molecule has 4 heterocycles. The van der Waals surface area contributed by atoms with Crippen molar-refractivity contribution in [1.29, 1.82) is 0 Å². The van der Waals surface area contributed by atoms with Gasteiger partial charge in [-0.1, -0.05) is 0 Å². The Hall–Kier alpha value is -2.78. The fourth-order valence-corrected chi connectivity index (χ4v) is 4.99. The summed E-state index contributed by atoms with van der Waals surface area (Å²) < 4.78 is 6.68. The maximum atomic E-state index is 12.5. The molecule has 2 aliphatic rings. The summed E-state index contributed by atoms with van der Waals surface area (Å²) in [6, 6.07) is 4.43. The Bertz CT molecular complexity index is 1120. The van der Waals surface area contributed by atoms with Crippen LogP contribution in [0.3, 0.4) is 0 Å². The van der Waals surface area contributed by atoms with Gasteiger partial charge in [0, 0.05) is 32.0 Å². The van der Waals surface area contributed by atoms with Crippen LogP contribution in [0.2, 0.25) is 0 Å². The van der Waals surface area contributed by atoms with Crippen LogP contribution in [-0.2, 0) is 9.53 Å². The van der Waals surface area contributed by atoms with Crippen LogP contribution >= 0.6 is 11.3 Å². The SMILES string of the molecule is Cc1nc2cc(Nc3ncc4c(n3)N(C3CCOCC3)CC(=O)N4C)c(C)cc2s1. The number of ether oxygens (including phenoxy) is 1. The lowest BCUT2D eigenvalue weighted by Crippen LogP contribution is -2.50. The minimum atomic E-state index is 0.0542. The third-order valence-corrected chi connectivity index (χ3v) is 6.72. The molecule has 156 valence electrons. The second kappa shape index (κ2) is 7.48. The summed E-state index contributed by atoms with van der Waals surface area (Å²) in [5, 5.41) is 4.41. The van der Waals surface area contributed by atoms with Crippen LogP contribution in [0.15, 0.2) is 18.3 Å². The minimum absolute atomic E-state index is 0.0542. The van der Waals surface area contributed by atoms with E-state index in [-0.39, 0.29) is 11.9 Å². The topological polar surface area (TPSA) is 83.5 Å². The molecule has 0 unspecified atom stereocenters. The zero-order chi connectivity index (χ0) is 20.8. The Morgan fingerprint density at radius 1 is 1.20 bits per heavy atom. The molecule has 0 radical (unpaired) electrons. The summed E-state index contributed by atoms with van der Waals surface area (Å²) >= 11 is 1.69. The average molecular weight is 425 g/mol. The van der Waals surface area contributed by atoms with Crippen molar-refractivity contribution in [3.63, 3.8) is 0 Å². The molecule has 2 aromatic heterocycles. The summed E-state index contributed by atoms with van der Waals surface area (Å²) in [5.74, 6) is 1.37. The van der Waals surface area contributed by atoms with E-state index in [4.69, 9.17) is 9.72 Å². The van der Waals surface area contributed by atoms with Crippen LogP contribution in [0, 0.1) is 13.8 Å². The van der Waals surface area contributed by atoms with Crippen LogP contribution in [0.5, 0.6) is 0 Å². The fraction of sp³-hybridized carbons (Fsp3) is 0.429. The fourth-order valence-electron chi connectivity index (χ4n) is 4.08. The molecule has 0 spiro atoms. The Kier molecular flexibility index (Phi) is 4.79. The first-order valence-electron chi connectivity index (χ1n) is 10.1. The number of aryl methyl sites for hydroxylation is 2. The summed E-state index contributed by atoms with van der Waals surface area (Å²) in [6.45, 7) is 5.83. The molecule has 2 aliphatic heterocycles. The molecule has 3 aromatic rings. The molecule has 0 saturated carbocycles. The molecule has 5 rings (SSSR count). The first-order valence-corrected chi connectivity index (χ1v) is 10.9. The van der Waals surface area contributed by atoms with E-state index < -0.39 is 0 Å². The number of thiazole rings is 1. The van der Waals surface area contributed by atoms with Gasteiger partial charge >= 0.3 is 0 Å². The first-order chi connectivity index (χ1) is 14.5. The highest BCUT2D eigenvalue weighted by Gasteiger charge is 2.34. The number of nitrogens with zero attached hydrogens (tertiary/aromatic N) is 5. The lowest BCUT2D eigenvalue weighted by atomic mass is 10.1. The second-order valence-electron chi connectivity index (χ2n) is 7.82. The highest BCUT2D eigenvalue weighted by atomic mass is 32.1. The highest BCUT2D eigenvalue weighted by Crippen LogP contribution is 2.35. The lowest BCUT2D eigenvalue weighted by molar-refractivity contribution is -0.117. The molecule has 0 bridgehead atoms. The minimum Gasteiger partial charge on any atom is -0.381 e. The highest BCUT2D eigenvalue weighted by molar-refractivity contribution is 7.18. The molecule has 1 N–H and O–H groups in total. The molecule has 8 nitrogen and oxygen atoms in total. The molecule has 9 heteroatoms. The van der Waals surface area contributed by atoms with Crippen LogP contribution in [0.25, 0.3) is 10.2 Å². The predicted octanol–water partition coefficient (Wildman–Crippen LogP) is 3.41. The van der Waals surface area contributed by atoms with Crippen molar-refractivity contribution in [3.8, 4) is 0 Å². The molecular formula is C21H24N6O2S. The number of carbonyl (C=O) groups is 1. The first kappa shape index (κ1) is 19.2. The average Bonchev–Trinajstić information content (AvgIpc) is 3.10. The molecule has 1 saturated heterocycles. The maximum Gasteiger partial charge on any atom is 0.246 e. The van der Waals surface area contributed by atoms with E-state index in [9.17, 15) is 4.79 Å². The number of anilines is 4. The van der Waals surface area contributed by atoms with Gasteiger partial charge in [-0.15, -0.1) is 11.3 Å². The van der Waals surface area contributed by atoms with Gasteiger partial charge in [-0.25, -0.2) is 9.97 Å². The zero-order valence-corrected chi connectivity index (χ0v) is 18.1. The monoisotopic (exact) mass is 424 g/mol. The van der Waals surface area contributed by atoms with Gasteiger partial charge in [0.05, 0.1) is 28.0 Å². The summed E-state index contributed by atoms with van der Waals surface area (Å²) in [7, 11) is 1.78. The van der Waals surface area contributed by atoms with E-state index in [0.717, 1.165) is 46.1 Å². The van der Waals surface area contributed by atoms with Gasteiger partial charge in [-0.2, -0.15) is 4.98 Å². The number of nitrogens with one attached hydrogen (secondary N) is 1. The van der Waals surface area contributed by atoms with Crippen LogP contribution in [0.4, 0.5) is 23.1 Å². The molecule has 1 fully saturated rings. The quantitative estimate of drug-likeness (QED) is 0.690. The summed E-state index contributed by atoms with van der Waals surface area (Å²) in [6.07, 6.45) is 3.51. The zero-order valence-electron chi connectivity index (χ0n) is 17.3. The van der Waals surface area contributed by atoms with Gasteiger partial charge < -0.3 is 19.9 Å². The standard InChI is InChI=1S/C21H24N6O2S/c1-12-8-18-16(23-13(2)30-18)9-15(12)24-21-22-10-17-20(25-21)27(11-19(28)26(17)3)14-4-6-29-7-5-14/h8-10,14H,4-7,11H2,1-3H3,(H,22,24,25). The van der Waals surface area contributed by atoms with E-state index in [0.29, 0.717) is 25.7 Å². The number of carbonyl (C=O) groups excluding carboxylic acids is 1. The van der Waals surface area contributed by atoms with Crippen molar-refractivity contribution < 1.29 is 9.53 Å². The van der Waals surface area contributed by atoms with Crippen molar-refractivity contribution in [2.24, 2.45) is 0 Å². The number of likely N-dealkylation sites (N-methyl/N-ethyl adjacent to an activating group) is 1. The van der Waals surface area contributed by atoms with E-state index in [2.05, 4.69) is 33.2 Å². The smallest absolute Gasteiger partial charge is 0.246 e. The number of amides is 1. The van der Waals surface area contributed by atoms with E-state index in [1.807, 2.05) is 13.0 Å². The van der Waals surface area contributed by atoms with Crippen molar-refractivity contribution in [3.05, 3.63) is 28.9 Å². The molecule has 1 aromatic carbocycles. The Morgan fingerprint density at radius 3 is 2.80 bits per heavy atom. The van der Waals surface area contributed by atoms with Gasteiger partial charge in [-0.3, -0.25) is 4.79 Å².